The largest absolute Gasteiger partial charge is 0.356 e. The highest BCUT2D eigenvalue weighted by Crippen LogP contribution is 2.23. The molecular formula is C29H39N7. The van der Waals surface area contributed by atoms with Crippen LogP contribution in [0, 0.1) is 0 Å². The molecular weight excluding hydrogens is 446 g/mol. The monoisotopic (exact) mass is 485 g/mol. The first-order chi connectivity index (χ1) is 17.2. The Morgan fingerprint density at radius 1 is 1.14 bits per heavy atom. The highest BCUT2D eigenvalue weighted by molar-refractivity contribution is 5.75. The molecule has 0 aromatic carbocycles. The average Bonchev–Trinajstić information content (AvgIpc) is 2.88. The molecule has 0 radical (unpaired) electrons. The third-order valence-electron chi connectivity index (χ3n) is 6.61. The van der Waals surface area contributed by atoms with Gasteiger partial charge in [-0.2, -0.15) is 5.10 Å². The molecule has 3 rings (SSSR count). The molecule has 3 heterocycles. The smallest absolute Gasteiger partial charge is 0.130 e. The normalized spacial score (nSPS) is 15.8. The number of hydrogen-bond acceptors (Lipinski definition) is 7. The number of hydrazone groups is 1. The van der Waals surface area contributed by atoms with Crippen molar-refractivity contribution in [3.05, 3.63) is 77.1 Å². The van der Waals surface area contributed by atoms with E-state index in [0.29, 0.717) is 6.04 Å². The number of nitrogens with one attached hydrogen (secondary N) is 1. The molecule has 190 valence electrons. The second-order valence-electron chi connectivity index (χ2n) is 9.37. The van der Waals surface area contributed by atoms with Gasteiger partial charge in [-0.1, -0.05) is 19.2 Å². The summed E-state index contributed by atoms with van der Waals surface area (Å²) in [6.45, 7) is 18.1. The molecule has 7 nitrogen and oxygen atoms in total. The second kappa shape index (κ2) is 12.3. The Morgan fingerprint density at radius 3 is 2.50 bits per heavy atom. The Hall–Kier alpha value is -3.71. The van der Waals surface area contributed by atoms with Crippen LogP contribution in [0.4, 0.5) is 11.6 Å². The first-order valence-corrected chi connectivity index (χ1v) is 12.3. The van der Waals surface area contributed by atoms with Gasteiger partial charge >= 0.3 is 0 Å². The number of piperidine rings is 1. The maximum atomic E-state index is 4.62. The average molecular weight is 486 g/mol. The standard InChI is InChI=1S/C29H39N7/c1-9-24-19-32-28(17-26(24)16-21(2)22(3)20-35(8)30-5)33-23(4)25-10-13-31-29(18-25)36-14-11-27(12-15-36)34(6)7/h9-10,13,16-20,27,33H,2,4-5,11-12,14-15H2,1,3,6-8H3/b22-20+,24-9-,26-16-. The number of allylic oxidation sites excluding steroid dienone is 2. The molecule has 0 atom stereocenters. The molecule has 0 bridgehead atoms. The van der Waals surface area contributed by atoms with Crippen LogP contribution in [0.1, 0.15) is 32.3 Å². The Kier molecular flexibility index (Phi) is 9.19. The molecule has 1 N–H and O–H groups in total. The van der Waals surface area contributed by atoms with Gasteiger partial charge < -0.3 is 15.1 Å². The van der Waals surface area contributed by atoms with Gasteiger partial charge in [-0.25, -0.2) is 9.97 Å². The van der Waals surface area contributed by atoms with Gasteiger partial charge in [-0.3, -0.25) is 5.01 Å². The molecule has 2 aromatic heterocycles. The molecule has 2 aromatic rings. The fourth-order valence-electron chi connectivity index (χ4n) is 4.24. The molecule has 0 aliphatic carbocycles. The quantitative estimate of drug-likeness (QED) is 0.332. The summed E-state index contributed by atoms with van der Waals surface area (Å²) >= 11 is 0. The first-order valence-electron chi connectivity index (χ1n) is 12.3. The lowest BCUT2D eigenvalue weighted by Gasteiger charge is -2.36. The maximum Gasteiger partial charge on any atom is 0.130 e. The minimum absolute atomic E-state index is 0.636. The van der Waals surface area contributed by atoms with Crippen LogP contribution in [0.3, 0.4) is 0 Å². The van der Waals surface area contributed by atoms with Gasteiger partial charge in [0, 0.05) is 62.8 Å². The summed E-state index contributed by atoms with van der Waals surface area (Å²) in [5, 5.41) is 11.0. The van der Waals surface area contributed by atoms with Crippen molar-refractivity contribution in [2.24, 2.45) is 5.10 Å². The van der Waals surface area contributed by atoms with Gasteiger partial charge in [0.2, 0.25) is 0 Å². The number of pyridine rings is 2. The van der Waals surface area contributed by atoms with E-state index in [0.717, 1.165) is 70.4 Å². The van der Waals surface area contributed by atoms with E-state index in [1.165, 1.54) is 0 Å². The highest BCUT2D eigenvalue weighted by Gasteiger charge is 2.21. The zero-order valence-electron chi connectivity index (χ0n) is 22.3. The van der Waals surface area contributed by atoms with Crippen molar-refractivity contribution >= 4 is 36.2 Å². The molecule has 1 aliphatic heterocycles. The zero-order chi connectivity index (χ0) is 26.2. The summed E-state index contributed by atoms with van der Waals surface area (Å²) in [6.07, 6.45) is 12.0. The van der Waals surface area contributed by atoms with E-state index in [1.807, 2.05) is 57.7 Å². The summed E-state index contributed by atoms with van der Waals surface area (Å²) in [4.78, 5) is 13.9. The summed E-state index contributed by atoms with van der Waals surface area (Å²) in [6, 6.07) is 6.73. The number of nitrogens with zero attached hydrogens (tertiary/aromatic N) is 6. The summed E-state index contributed by atoms with van der Waals surface area (Å²) in [5.41, 5.74) is 3.67. The Labute approximate surface area is 215 Å². The SMILES string of the molecule is C=NN(C)/C=C(\C)C(=C)/C=c1/cc(NC(=C)c2ccnc(N3CCC(N(C)C)CC3)c2)nc/c1=C/C. The third kappa shape index (κ3) is 6.92. The van der Waals surface area contributed by atoms with Crippen molar-refractivity contribution < 1.29 is 0 Å². The maximum absolute atomic E-state index is 4.62. The second-order valence-corrected chi connectivity index (χ2v) is 9.37. The molecule has 0 unspecified atom stereocenters. The van der Waals surface area contributed by atoms with Gasteiger partial charge in [0.25, 0.3) is 0 Å². The van der Waals surface area contributed by atoms with Gasteiger partial charge in [-0.15, -0.1) is 0 Å². The van der Waals surface area contributed by atoms with Crippen LogP contribution in [0.15, 0.2) is 66.2 Å². The van der Waals surface area contributed by atoms with Gasteiger partial charge in [-0.05, 0) is 86.6 Å². The number of aromatic nitrogens is 2. The molecule has 7 heteroatoms. The van der Waals surface area contributed by atoms with E-state index in [-0.39, 0.29) is 0 Å². The van der Waals surface area contributed by atoms with Crippen molar-refractivity contribution in [2.45, 2.75) is 32.7 Å². The van der Waals surface area contributed by atoms with E-state index >= 15 is 0 Å². The predicted octanol–water partition coefficient (Wildman–Crippen LogP) is 3.68. The summed E-state index contributed by atoms with van der Waals surface area (Å²) < 4.78 is 0. The van der Waals surface area contributed by atoms with Crippen LogP contribution in [0.2, 0.25) is 0 Å². The first kappa shape index (κ1) is 26.9. The van der Waals surface area contributed by atoms with Crippen LogP contribution >= 0.6 is 0 Å². The fraction of sp³-hybridized carbons (Fsp3) is 0.345. The minimum Gasteiger partial charge on any atom is -0.356 e. The number of rotatable bonds is 9. The lowest BCUT2D eigenvalue weighted by molar-refractivity contribution is 0.249. The summed E-state index contributed by atoms with van der Waals surface area (Å²) in [7, 11) is 6.15. The van der Waals surface area contributed by atoms with Crippen LogP contribution < -0.4 is 20.7 Å². The van der Waals surface area contributed by atoms with Gasteiger partial charge in [0.1, 0.15) is 11.6 Å². The predicted molar refractivity (Wildman–Crippen MR) is 154 cm³/mol. The topological polar surface area (TPSA) is 59.9 Å². The third-order valence-corrected chi connectivity index (χ3v) is 6.61. The van der Waals surface area contributed by atoms with Gasteiger partial charge in [0.15, 0.2) is 0 Å². The van der Waals surface area contributed by atoms with Crippen molar-refractivity contribution in [3.8, 4) is 0 Å². The van der Waals surface area contributed by atoms with Crippen LogP contribution in [0.25, 0.3) is 17.8 Å². The van der Waals surface area contributed by atoms with E-state index in [9.17, 15) is 0 Å². The van der Waals surface area contributed by atoms with Crippen LogP contribution in [-0.2, 0) is 0 Å². The molecule has 0 spiro atoms. The lowest BCUT2D eigenvalue weighted by Crippen LogP contribution is -2.42. The molecule has 1 saturated heterocycles. The van der Waals surface area contributed by atoms with Crippen molar-refractivity contribution in [1.82, 2.24) is 19.9 Å². The highest BCUT2D eigenvalue weighted by atomic mass is 15.4. The van der Waals surface area contributed by atoms with Gasteiger partial charge in [0.05, 0.1) is 0 Å². The number of hydrogen-bond donors (Lipinski definition) is 1. The van der Waals surface area contributed by atoms with E-state index in [1.54, 1.807) is 5.01 Å². The van der Waals surface area contributed by atoms with Crippen LogP contribution in [0.5, 0.6) is 0 Å². The van der Waals surface area contributed by atoms with Crippen molar-refractivity contribution in [3.63, 3.8) is 0 Å². The fourth-order valence-corrected chi connectivity index (χ4v) is 4.24. The molecule has 0 amide bonds. The van der Waals surface area contributed by atoms with E-state index in [4.69, 9.17) is 0 Å². The minimum atomic E-state index is 0.636. The molecule has 0 saturated carbocycles. The summed E-state index contributed by atoms with van der Waals surface area (Å²) in [5.74, 6) is 1.71. The Morgan fingerprint density at radius 2 is 1.86 bits per heavy atom. The van der Waals surface area contributed by atoms with Crippen molar-refractivity contribution in [2.75, 3.05) is 44.4 Å². The Bertz CT molecular complexity index is 1250. The van der Waals surface area contributed by atoms with E-state index < -0.39 is 0 Å². The zero-order valence-corrected chi connectivity index (χ0v) is 22.3. The lowest BCUT2D eigenvalue weighted by atomic mass is 10.0. The number of anilines is 2. The van der Waals surface area contributed by atoms with Crippen LogP contribution in [-0.4, -0.2) is 66.9 Å². The van der Waals surface area contributed by atoms with Crippen molar-refractivity contribution in [1.29, 1.82) is 0 Å². The molecule has 1 aliphatic rings. The van der Waals surface area contributed by atoms with E-state index in [2.05, 4.69) is 76.3 Å². The Balaban J connectivity index is 1.79. The molecule has 1 fully saturated rings. The molecule has 36 heavy (non-hydrogen) atoms.